The van der Waals surface area contributed by atoms with Crippen molar-refractivity contribution >= 4 is 23.4 Å². The molecule has 0 radical (unpaired) electrons. The van der Waals surface area contributed by atoms with Crippen LogP contribution in [0.3, 0.4) is 0 Å². The molecule has 2 aromatic carbocycles. The summed E-state index contributed by atoms with van der Waals surface area (Å²) in [7, 11) is 0. The third-order valence-corrected chi connectivity index (χ3v) is 3.59. The topological polar surface area (TPSA) is 90.7 Å². The molecule has 0 saturated carbocycles. The van der Waals surface area contributed by atoms with Gasteiger partial charge in [-0.15, -0.1) is 0 Å². The maximum absolute atomic E-state index is 12.7. The van der Waals surface area contributed by atoms with E-state index in [-0.39, 0.29) is 29.5 Å². The summed E-state index contributed by atoms with van der Waals surface area (Å²) in [5.41, 5.74) is -1.18. The summed E-state index contributed by atoms with van der Waals surface area (Å²) >= 11 is 0. The summed E-state index contributed by atoms with van der Waals surface area (Å²) in [6.07, 6.45) is -2.39. The molecule has 1 heterocycles. The number of rotatable bonds is 4. The first-order valence-electron chi connectivity index (χ1n) is 7.48. The highest BCUT2D eigenvalue weighted by atomic mass is 19.4. The molecular formula is C17H11F3N2O5. The number of amides is 1. The van der Waals surface area contributed by atoms with E-state index in [2.05, 4.69) is 5.32 Å². The fourth-order valence-corrected chi connectivity index (χ4v) is 2.36. The lowest BCUT2D eigenvalue weighted by Gasteiger charge is -2.08. The molecule has 0 fully saturated rings. The van der Waals surface area contributed by atoms with Crippen molar-refractivity contribution in [3.05, 3.63) is 63.7 Å². The summed E-state index contributed by atoms with van der Waals surface area (Å²) < 4.78 is 48.3. The first kappa shape index (κ1) is 18.2. The second-order valence-electron chi connectivity index (χ2n) is 5.42. The number of anilines is 1. The number of nitro groups is 1. The van der Waals surface area contributed by atoms with E-state index in [0.29, 0.717) is 5.75 Å². The zero-order chi connectivity index (χ0) is 19.6. The molecule has 0 saturated heterocycles. The monoisotopic (exact) mass is 380 g/mol. The molecule has 1 N–H and O–H groups in total. The highest BCUT2D eigenvalue weighted by Crippen LogP contribution is 2.38. The smallest absolute Gasteiger partial charge is 0.416 e. The molecule has 0 unspecified atom stereocenters. The van der Waals surface area contributed by atoms with E-state index in [9.17, 15) is 28.1 Å². The summed E-state index contributed by atoms with van der Waals surface area (Å²) in [6.45, 7) is -0.0737. The second kappa shape index (κ2) is 6.98. The standard InChI is InChI=1S/C17H11F3N2O5/c18-17(19,20)11-2-1-3-12(7-11)21-16(23)5-4-10-6-14-15(27-9-26-14)8-13(10)22(24)25/h1-8H,9H2,(H,21,23). The minimum absolute atomic E-state index is 0.0559. The van der Waals surface area contributed by atoms with E-state index in [0.717, 1.165) is 24.3 Å². The summed E-state index contributed by atoms with van der Waals surface area (Å²) in [4.78, 5) is 22.5. The fourth-order valence-electron chi connectivity index (χ4n) is 2.36. The molecule has 0 aliphatic carbocycles. The van der Waals surface area contributed by atoms with Gasteiger partial charge in [-0.1, -0.05) is 6.07 Å². The highest BCUT2D eigenvalue weighted by Gasteiger charge is 2.30. The highest BCUT2D eigenvalue weighted by molar-refractivity contribution is 6.02. The Morgan fingerprint density at radius 3 is 2.56 bits per heavy atom. The second-order valence-corrected chi connectivity index (χ2v) is 5.42. The summed E-state index contributed by atoms with van der Waals surface area (Å²) in [5, 5.41) is 13.4. The zero-order valence-corrected chi connectivity index (χ0v) is 13.4. The normalized spacial score (nSPS) is 13.0. The average molecular weight is 380 g/mol. The van der Waals surface area contributed by atoms with Gasteiger partial charge in [-0.25, -0.2) is 0 Å². The van der Waals surface area contributed by atoms with Gasteiger partial charge >= 0.3 is 6.18 Å². The minimum Gasteiger partial charge on any atom is -0.454 e. The third-order valence-electron chi connectivity index (χ3n) is 3.59. The van der Waals surface area contributed by atoms with Gasteiger partial charge in [-0.3, -0.25) is 14.9 Å². The third kappa shape index (κ3) is 4.17. The van der Waals surface area contributed by atoms with Crippen LogP contribution in [0, 0.1) is 10.1 Å². The fraction of sp³-hybridized carbons (Fsp3) is 0.118. The number of hydrogen-bond acceptors (Lipinski definition) is 5. The van der Waals surface area contributed by atoms with Crippen molar-refractivity contribution < 1.29 is 32.4 Å². The van der Waals surface area contributed by atoms with E-state index < -0.39 is 22.6 Å². The molecule has 1 aliphatic heterocycles. The van der Waals surface area contributed by atoms with E-state index in [1.165, 1.54) is 24.3 Å². The number of alkyl halides is 3. The van der Waals surface area contributed by atoms with Gasteiger partial charge in [0.25, 0.3) is 5.69 Å². The lowest BCUT2D eigenvalue weighted by Crippen LogP contribution is -2.10. The van der Waals surface area contributed by atoms with Gasteiger partial charge in [0.15, 0.2) is 11.5 Å². The lowest BCUT2D eigenvalue weighted by atomic mass is 10.1. The van der Waals surface area contributed by atoms with Crippen molar-refractivity contribution in [2.45, 2.75) is 6.18 Å². The Labute approximate surface area is 150 Å². The number of hydrogen-bond donors (Lipinski definition) is 1. The van der Waals surface area contributed by atoms with Crippen LogP contribution in [0.1, 0.15) is 11.1 Å². The number of halogens is 3. The Morgan fingerprint density at radius 1 is 1.19 bits per heavy atom. The quantitative estimate of drug-likeness (QED) is 0.492. The van der Waals surface area contributed by atoms with Crippen molar-refractivity contribution in [3.8, 4) is 11.5 Å². The van der Waals surface area contributed by atoms with E-state index >= 15 is 0 Å². The largest absolute Gasteiger partial charge is 0.454 e. The SMILES string of the molecule is O=C(C=Cc1cc2c(cc1[N+](=O)[O-])OCO2)Nc1cccc(C(F)(F)F)c1. The molecular weight excluding hydrogens is 369 g/mol. The maximum atomic E-state index is 12.7. The molecule has 3 rings (SSSR count). The predicted octanol–water partition coefficient (Wildman–Crippen LogP) is 3.99. The van der Waals surface area contributed by atoms with Gasteiger partial charge in [0.1, 0.15) is 0 Å². The number of fused-ring (bicyclic) bond motifs is 1. The van der Waals surface area contributed by atoms with Crippen LogP contribution < -0.4 is 14.8 Å². The molecule has 0 aromatic heterocycles. The average Bonchev–Trinajstić information content (AvgIpc) is 3.06. The zero-order valence-electron chi connectivity index (χ0n) is 13.4. The van der Waals surface area contributed by atoms with Gasteiger partial charge < -0.3 is 14.8 Å². The number of nitro benzene ring substituents is 1. The van der Waals surface area contributed by atoms with E-state index in [1.807, 2.05) is 0 Å². The first-order chi connectivity index (χ1) is 12.7. The Hall–Kier alpha value is -3.56. The number of carbonyl (C=O) groups is 1. The molecule has 2 aromatic rings. The van der Waals surface area contributed by atoms with Gasteiger partial charge in [-0.05, 0) is 30.3 Å². The maximum Gasteiger partial charge on any atom is 0.416 e. The molecule has 1 aliphatic rings. The van der Waals surface area contributed by atoms with Crippen LogP contribution in [0.2, 0.25) is 0 Å². The van der Waals surface area contributed by atoms with Crippen molar-refractivity contribution in [1.82, 2.24) is 0 Å². The van der Waals surface area contributed by atoms with Gasteiger partial charge in [0.2, 0.25) is 12.7 Å². The Kier molecular flexibility index (Phi) is 4.72. The van der Waals surface area contributed by atoms with Crippen LogP contribution in [0.5, 0.6) is 11.5 Å². The van der Waals surface area contributed by atoms with Crippen LogP contribution in [0.4, 0.5) is 24.5 Å². The van der Waals surface area contributed by atoms with Crippen molar-refractivity contribution in [2.75, 3.05) is 12.1 Å². The number of nitrogens with zero attached hydrogens (tertiary/aromatic N) is 1. The lowest BCUT2D eigenvalue weighted by molar-refractivity contribution is -0.385. The van der Waals surface area contributed by atoms with Crippen molar-refractivity contribution in [2.24, 2.45) is 0 Å². The van der Waals surface area contributed by atoms with Crippen LogP contribution in [-0.2, 0) is 11.0 Å². The van der Waals surface area contributed by atoms with Crippen LogP contribution in [0.25, 0.3) is 6.08 Å². The Bertz CT molecular complexity index is 941. The predicted molar refractivity (Wildman–Crippen MR) is 88.3 cm³/mol. The summed E-state index contributed by atoms with van der Waals surface area (Å²) in [6, 6.07) is 6.63. The van der Waals surface area contributed by atoms with Crippen LogP contribution in [-0.4, -0.2) is 17.6 Å². The molecule has 0 spiro atoms. The Balaban J connectivity index is 1.79. The van der Waals surface area contributed by atoms with Gasteiger partial charge in [-0.2, -0.15) is 13.2 Å². The molecule has 27 heavy (non-hydrogen) atoms. The van der Waals surface area contributed by atoms with Crippen molar-refractivity contribution in [3.63, 3.8) is 0 Å². The molecule has 10 heteroatoms. The molecule has 0 atom stereocenters. The molecule has 140 valence electrons. The van der Waals surface area contributed by atoms with Crippen LogP contribution >= 0.6 is 0 Å². The number of carbonyl (C=O) groups excluding carboxylic acids is 1. The van der Waals surface area contributed by atoms with Gasteiger partial charge in [0.05, 0.1) is 22.1 Å². The molecule has 1 amide bonds. The number of benzene rings is 2. The van der Waals surface area contributed by atoms with E-state index in [1.54, 1.807) is 0 Å². The van der Waals surface area contributed by atoms with Gasteiger partial charge in [0, 0.05) is 11.8 Å². The molecule has 0 bridgehead atoms. The summed E-state index contributed by atoms with van der Waals surface area (Å²) in [5.74, 6) is -0.243. The number of nitrogens with one attached hydrogen (secondary N) is 1. The number of ether oxygens (including phenoxy) is 2. The van der Waals surface area contributed by atoms with Crippen LogP contribution in [0.15, 0.2) is 42.5 Å². The first-order valence-corrected chi connectivity index (χ1v) is 7.48. The van der Waals surface area contributed by atoms with E-state index in [4.69, 9.17) is 9.47 Å². The molecule has 7 nitrogen and oxygen atoms in total. The minimum atomic E-state index is -4.54. The van der Waals surface area contributed by atoms with Crippen molar-refractivity contribution in [1.29, 1.82) is 0 Å². The Morgan fingerprint density at radius 2 is 1.89 bits per heavy atom.